The van der Waals surface area contributed by atoms with Crippen molar-refractivity contribution in [2.75, 3.05) is 42.8 Å². The molecule has 164 valence electrons. The molecule has 2 aromatic carbocycles. The summed E-state index contributed by atoms with van der Waals surface area (Å²) >= 11 is 0. The number of carbonyl (C=O) groups excluding carboxylic acids is 3. The van der Waals surface area contributed by atoms with Gasteiger partial charge in [0.15, 0.2) is 0 Å². The molecule has 0 bridgehead atoms. The second kappa shape index (κ2) is 9.97. The van der Waals surface area contributed by atoms with Crippen LogP contribution in [0.5, 0.6) is 0 Å². The van der Waals surface area contributed by atoms with Crippen molar-refractivity contribution in [2.24, 2.45) is 5.92 Å². The number of piperidine rings is 1. The first-order chi connectivity index (χ1) is 14.9. The van der Waals surface area contributed by atoms with E-state index in [0.717, 1.165) is 24.1 Å². The predicted octanol–water partition coefficient (Wildman–Crippen LogP) is 4.08. The Morgan fingerprint density at radius 2 is 1.81 bits per heavy atom. The topological polar surface area (TPSA) is 91.0 Å². The quantitative estimate of drug-likeness (QED) is 0.774. The number of amides is 4. The predicted molar refractivity (Wildman–Crippen MR) is 120 cm³/mol. The Bertz CT molecular complexity index is 945. The largest absolute Gasteiger partial charge is 0.452 e. The number of benzene rings is 2. The fourth-order valence-corrected chi connectivity index (χ4v) is 3.56. The van der Waals surface area contributed by atoms with E-state index in [1.807, 2.05) is 31.2 Å². The van der Waals surface area contributed by atoms with Crippen molar-refractivity contribution in [3.8, 4) is 0 Å². The molecule has 4 amide bonds. The highest BCUT2D eigenvalue weighted by atomic mass is 16.5. The van der Waals surface area contributed by atoms with Crippen molar-refractivity contribution in [2.45, 2.75) is 19.8 Å². The number of carbonyl (C=O) groups is 3. The van der Waals surface area contributed by atoms with Gasteiger partial charge in [0, 0.05) is 37.2 Å². The highest BCUT2D eigenvalue weighted by Gasteiger charge is 2.28. The van der Waals surface area contributed by atoms with Crippen molar-refractivity contribution >= 4 is 35.1 Å². The first-order valence-electron chi connectivity index (χ1n) is 10.2. The molecule has 8 nitrogen and oxygen atoms in total. The van der Waals surface area contributed by atoms with E-state index < -0.39 is 6.09 Å². The van der Waals surface area contributed by atoms with Gasteiger partial charge in [-0.2, -0.15) is 0 Å². The van der Waals surface area contributed by atoms with Crippen LogP contribution in [0.4, 0.5) is 26.7 Å². The maximum absolute atomic E-state index is 12.8. The molecule has 31 heavy (non-hydrogen) atoms. The minimum Gasteiger partial charge on any atom is -0.452 e. The lowest BCUT2D eigenvalue weighted by atomic mass is 9.97. The molecule has 1 aliphatic rings. The minimum atomic E-state index is -0.469. The number of nitrogens with zero attached hydrogens (tertiary/aromatic N) is 2. The standard InChI is InChI=1S/C23H28N4O4/c1-16-6-4-8-19(14-16)25-22(29)27-13-5-7-17(15-27)21(28)24-18-9-11-20(12-10-18)26(2)23(30)31-3/h4,6,8-12,14,17H,5,7,13,15H2,1-3H3,(H,24,28)(H,25,29). The molecule has 0 saturated carbocycles. The second-order valence-corrected chi connectivity index (χ2v) is 7.65. The number of hydrogen-bond acceptors (Lipinski definition) is 4. The minimum absolute atomic E-state index is 0.123. The van der Waals surface area contributed by atoms with E-state index in [2.05, 4.69) is 10.6 Å². The summed E-state index contributed by atoms with van der Waals surface area (Å²) in [5.41, 5.74) is 3.10. The summed E-state index contributed by atoms with van der Waals surface area (Å²) in [6.07, 6.45) is 1.02. The Hall–Kier alpha value is -3.55. The number of hydrogen-bond donors (Lipinski definition) is 2. The van der Waals surface area contributed by atoms with E-state index in [9.17, 15) is 14.4 Å². The SMILES string of the molecule is COC(=O)N(C)c1ccc(NC(=O)C2CCCN(C(=O)Nc3cccc(C)c3)C2)cc1. The lowest BCUT2D eigenvalue weighted by molar-refractivity contribution is -0.121. The van der Waals surface area contributed by atoms with Crippen molar-refractivity contribution in [3.05, 3.63) is 54.1 Å². The summed E-state index contributed by atoms with van der Waals surface area (Å²) in [6.45, 7) is 2.96. The van der Waals surface area contributed by atoms with Crippen molar-refractivity contribution < 1.29 is 19.1 Å². The van der Waals surface area contributed by atoms with Gasteiger partial charge in [-0.05, 0) is 61.7 Å². The number of urea groups is 1. The van der Waals surface area contributed by atoms with Gasteiger partial charge in [-0.1, -0.05) is 12.1 Å². The molecule has 0 spiro atoms. The number of aryl methyl sites for hydroxylation is 1. The molecule has 2 N–H and O–H groups in total. The fraction of sp³-hybridized carbons (Fsp3) is 0.348. The Balaban J connectivity index is 1.56. The van der Waals surface area contributed by atoms with Gasteiger partial charge in [0.25, 0.3) is 0 Å². The lowest BCUT2D eigenvalue weighted by Crippen LogP contribution is -2.45. The molecular weight excluding hydrogens is 396 g/mol. The molecule has 0 radical (unpaired) electrons. The first-order valence-corrected chi connectivity index (χ1v) is 10.2. The average molecular weight is 425 g/mol. The molecule has 3 rings (SSSR count). The third-order valence-corrected chi connectivity index (χ3v) is 5.32. The third-order valence-electron chi connectivity index (χ3n) is 5.32. The molecule has 0 aromatic heterocycles. The zero-order chi connectivity index (χ0) is 22.4. The van der Waals surface area contributed by atoms with Crippen LogP contribution in [0.1, 0.15) is 18.4 Å². The van der Waals surface area contributed by atoms with Crippen LogP contribution < -0.4 is 15.5 Å². The summed E-state index contributed by atoms with van der Waals surface area (Å²) in [4.78, 5) is 40.0. The van der Waals surface area contributed by atoms with Gasteiger partial charge in [0.1, 0.15) is 0 Å². The Morgan fingerprint density at radius 3 is 2.48 bits per heavy atom. The number of anilines is 3. The first kappa shape index (κ1) is 22.1. The number of likely N-dealkylation sites (tertiary alicyclic amines) is 1. The van der Waals surface area contributed by atoms with Gasteiger partial charge < -0.3 is 20.3 Å². The van der Waals surface area contributed by atoms with Gasteiger partial charge in [0.2, 0.25) is 5.91 Å². The summed E-state index contributed by atoms with van der Waals surface area (Å²) in [6, 6.07) is 14.4. The zero-order valence-electron chi connectivity index (χ0n) is 18.1. The maximum atomic E-state index is 12.8. The highest BCUT2D eigenvalue weighted by Crippen LogP contribution is 2.22. The molecule has 1 atom stereocenters. The third kappa shape index (κ3) is 5.75. The number of nitrogens with one attached hydrogen (secondary N) is 2. The zero-order valence-corrected chi connectivity index (χ0v) is 18.1. The Morgan fingerprint density at radius 1 is 1.06 bits per heavy atom. The molecule has 1 aliphatic heterocycles. The van der Waals surface area contributed by atoms with Crippen LogP contribution in [0.2, 0.25) is 0 Å². The van der Waals surface area contributed by atoms with Gasteiger partial charge in [-0.3, -0.25) is 9.69 Å². The number of methoxy groups -OCH3 is 1. The van der Waals surface area contributed by atoms with Crippen molar-refractivity contribution in [1.82, 2.24) is 4.90 Å². The van der Waals surface area contributed by atoms with E-state index >= 15 is 0 Å². The van der Waals surface area contributed by atoms with E-state index in [0.29, 0.717) is 24.5 Å². The average Bonchev–Trinajstić information content (AvgIpc) is 2.78. The van der Waals surface area contributed by atoms with E-state index in [1.165, 1.54) is 12.0 Å². The van der Waals surface area contributed by atoms with Gasteiger partial charge in [0.05, 0.1) is 13.0 Å². The molecule has 8 heteroatoms. The Labute approximate surface area is 182 Å². The van der Waals surface area contributed by atoms with Crippen LogP contribution in [0.25, 0.3) is 0 Å². The summed E-state index contributed by atoms with van der Waals surface area (Å²) in [5.74, 6) is -0.406. The Kier molecular flexibility index (Phi) is 7.12. The molecule has 2 aromatic rings. The molecule has 1 fully saturated rings. The molecule has 1 saturated heterocycles. The molecule has 1 heterocycles. The van der Waals surface area contributed by atoms with E-state index in [1.54, 1.807) is 36.2 Å². The van der Waals surface area contributed by atoms with Crippen LogP contribution in [-0.4, -0.2) is 50.2 Å². The smallest absolute Gasteiger partial charge is 0.413 e. The van der Waals surface area contributed by atoms with Crippen molar-refractivity contribution in [3.63, 3.8) is 0 Å². The van der Waals surface area contributed by atoms with Crippen LogP contribution in [-0.2, 0) is 9.53 Å². The van der Waals surface area contributed by atoms with Gasteiger partial charge >= 0.3 is 12.1 Å². The van der Waals surface area contributed by atoms with Crippen molar-refractivity contribution in [1.29, 1.82) is 0 Å². The summed E-state index contributed by atoms with van der Waals surface area (Å²) < 4.78 is 4.69. The van der Waals surface area contributed by atoms with Crippen LogP contribution in [0.3, 0.4) is 0 Å². The van der Waals surface area contributed by atoms with Crippen LogP contribution in [0, 0.1) is 12.8 Å². The molecule has 0 aliphatic carbocycles. The lowest BCUT2D eigenvalue weighted by Gasteiger charge is -2.32. The van der Waals surface area contributed by atoms with Gasteiger partial charge in [-0.15, -0.1) is 0 Å². The highest BCUT2D eigenvalue weighted by molar-refractivity contribution is 5.95. The number of ether oxygens (including phenoxy) is 1. The van der Waals surface area contributed by atoms with Crippen LogP contribution in [0.15, 0.2) is 48.5 Å². The summed E-state index contributed by atoms with van der Waals surface area (Å²) in [7, 11) is 2.93. The maximum Gasteiger partial charge on any atom is 0.413 e. The molecule has 1 unspecified atom stereocenters. The second-order valence-electron chi connectivity index (χ2n) is 7.65. The summed E-state index contributed by atoms with van der Waals surface area (Å²) in [5, 5.41) is 5.81. The van der Waals surface area contributed by atoms with E-state index in [-0.39, 0.29) is 17.9 Å². The van der Waals surface area contributed by atoms with E-state index in [4.69, 9.17) is 4.74 Å². The van der Waals surface area contributed by atoms with Crippen LogP contribution >= 0.6 is 0 Å². The fourth-order valence-electron chi connectivity index (χ4n) is 3.56. The monoisotopic (exact) mass is 424 g/mol. The normalized spacial score (nSPS) is 15.7. The number of rotatable bonds is 4. The molecular formula is C23H28N4O4. The van der Waals surface area contributed by atoms with Gasteiger partial charge in [-0.25, -0.2) is 9.59 Å².